The van der Waals surface area contributed by atoms with Crippen LogP contribution in [0.15, 0.2) is 34.9 Å². The molecule has 23 heavy (non-hydrogen) atoms. The molecular formula is C16H20N6O. The molecule has 3 rings (SSSR count). The molecule has 0 amide bonds. The summed E-state index contributed by atoms with van der Waals surface area (Å²) in [4.78, 5) is 2.18. The van der Waals surface area contributed by atoms with E-state index < -0.39 is 0 Å². The van der Waals surface area contributed by atoms with E-state index in [2.05, 4.69) is 32.5 Å². The summed E-state index contributed by atoms with van der Waals surface area (Å²) >= 11 is 0. The maximum atomic E-state index is 5.24. The van der Waals surface area contributed by atoms with E-state index in [1.54, 1.807) is 4.68 Å². The minimum atomic E-state index is 0.0407. The van der Waals surface area contributed by atoms with Crippen molar-refractivity contribution in [2.45, 2.75) is 33.4 Å². The van der Waals surface area contributed by atoms with Crippen LogP contribution in [0, 0.1) is 13.8 Å². The Balaban J connectivity index is 1.84. The first kappa shape index (κ1) is 15.4. The van der Waals surface area contributed by atoms with E-state index in [4.69, 9.17) is 4.52 Å². The molecule has 2 aromatic heterocycles. The Morgan fingerprint density at radius 1 is 1.22 bits per heavy atom. The van der Waals surface area contributed by atoms with Gasteiger partial charge in [0.05, 0.1) is 17.4 Å². The lowest BCUT2D eigenvalue weighted by molar-refractivity contribution is 0.239. The molecule has 1 unspecified atom stereocenters. The molecule has 7 heteroatoms. The van der Waals surface area contributed by atoms with E-state index in [1.807, 2.05) is 51.2 Å². The Morgan fingerprint density at radius 3 is 2.61 bits per heavy atom. The minimum absolute atomic E-state index is 0.0407. The van der Waals surface area contributed by atoms with Crippen molar-refractivity contribution in [3.05, 3.63) is 53.2 Å². The Bertz CT molecular complexity index is 759. The Hall–Kier alpha value is -2.54. The lowest BCUT2D eigenvalue weighted by Crippen LogP contribution is -2.25. The molecule has 3 aromatic rings. The third-order valence-corrected chi connectivity index (χ3v) is 4.12. The average molecular weight is 312 g/mol. The second-order valence-electron chi connectivity index (χ2n) is 5.68. The standard InChI is InChI=1S/C16H20N6O/c1-11-15(13(3)23-18-11)10-21(4)12(2)16-17-19-20-22(16)14-8-6-5-7-9-14/h5-9,12H,10H2,1-4H3. The maximum Gasteiger partial charge on any atom is 0.173 e. The fourth-order valence-electron chi connectivity index (χ4n) is 2.52. The summed E-state index contributed by atoms with van der Waals surface area (Å²) in [7, 11) is 2.04. The smallest absolute Gasteiger partial charge is 0.173 e. The van der Waals surface area contributed by atoms with Gasteiger partial charge in [-0.2, -0.15) is 4.68 Å². The first-order chi connectivity index (χ1) is 11.1. The van der Waals surface area contributed by atoms with Crippen LogP contribution in [-0.4, -0.2) is 37.3 Å². The number of nitrogens with zero attached hydrogens (tertiary/aromatic N) is 6. The number of aromatic nitrogens is 5. The van der Waals surface area contributed by atoms with Gasteiger partial charge in [-0.1, -0.05) is 23.4 Å². The maximum absolute atomic E-state index is 5.24. The lowest BCUT2D eigenvalue weighted by atomic mass is 10.1. The van der Waals surface area contributed by atoms with E-state index in [1.165, 1.54) is 0 Å². The molecule has 0 spiro atoms. The number of hydrogen-bond acceptors (Lipinski definition) is 6. The molecule has 7 nitrogen and oxygen atoms in total. The van der Waals surface area contributed by atoms with Crippen molar-refractivity contribution in [1.82, 2.24) is 30.3 Å². The van der Waals surface area contributed by atoms with Gasteiger partial charge in [-0.15, -0.1) is 5.10 Å². The van der Waals surface area contributed by atoms with Crippen molar-refractivity contribution in [3.63, 3.8) is 0 Å². The summed E-state index contributed by atoms with van der Waals surface area (Å²) in [5, 5.41) is 16.2. The zero-order valence-corrected chi connectivity index (χ0v) is 13.8. The van der Waals surface area contributed by atoms with Gasteiger partial charge >= 0.3 is 0 Å². The van der Waals surface area contributed by atoms with E-state index in [-0.39, 0.29) is 6.04 Å². The van der Waals surface area contributed by atoms with Crippen molar-refractivity contribution in [2.75, 3.05) is 7.05 Å². The van der Waals surface area contributed by atoms with Gasteiger partial charge in [0.2, 0.25) is 0 Å². The topological polar surface area (TPSA) is 72.9 Å². The Labute approximate surface area is 134 Å². The second-order valence-corrected chi connectivity index (χ2v) is 5.68. The van der Waals surface area contributed by atoms with Gasteiger partial charge in [-0.05, 0) is 50.4 Å². The van der Waals surface area contributed by atoms with Crippen LogP contribution in [0.1, 0.15) is 35.8 Å². The van der Waals surface area contributed by atoms with E-state index in [0.717, 1.165) is 35.1 Å². The number of benzene rings is 1. The lowest BCUT2D eigenvalue weighted by Gasteiger charge is -2.23. The van der Waals surface area contributed by atoms with Gasteiger partial charge in [-0.25, -0.2) is 0 Å². The highest BCUT2D eigenvalue weighted by molar-refractivity contribution is 5.31. The first-order valence-corrected chi connectivity index (χ1v) is 7.53. The van der Waals surface area contributed by atoms with Crippen LogP contribution in [0.4, 0.5) is 0 Å². The SMILES string of the molecule is Cc1noc(C)c1CN(C)C(C)c1nnnn1-c1ccccc1. The van der Waals surface area contributed by atoms with Gasteiger partial charge < -0.3 is 4.52 Å². The van der Waals surface area contributed by atoms with Crippen molar-refractivity contribution < 1.29 is 4.52 Å². The van der Waals surface area contributed by atoms with E-state index >= 15 is 0 Å². The molecule has 0 saturated carbocycles. The molecule has 0 radical (unpaired) electrons. The second kappa shape index (κ2) is 6.29. The molecule has 0 aliphatic carbocycles. The fourth-order valence-corrected chi connectivity index (χ4v) is 2.52. The van der Waals surface area contributed by atoms with Crippen LogP contribution >= 0.6 is 0 Å². The van der Waals surface area contributed by atoms with Gasteiger partial charge in [0.25, 0.3) is 0 Å². The number of aryl methyl sites for hydroxylation is 2. The summed E-state index contributed by atoms with van der Waals surface area (Å²) in [5.41, 5.74) is 2.98. The van der Waals surface area contributed by atoms with Crippen LogP contribution < -0.4 is 0 Å². The summed E-state index contributed by atoms with van der Waals surface area (Å²) in [6, 6.07) is 9.93. The number of rotatable bonds is 5. The number of hydrogen-bond donors (Lipinski definition) is 0. The van der Waals surface area contributed by atoms with Gasteiger partial charge in [0.1, 0.15) is 5.76 Å². The van der Waals surface area contributed by atoms with Crippen molar-refractivity contribution in [3.8, 4) is 5.69 Å². The molecule has 0 N–H and O–H groups in total. The number of tetrazole rings is 1. The van der Waals surface area contributed by atoms with Gasteiger partial charge in [-0.3, -0.25) is 4.90 Å². The molecule has 1 aromatic carbocycles. The molecule has 1 atom stereocenters. The number of para-hydroxylation sites is 1. The Morgan fingerprint density at radius 2 is 1.96 bits per heavy atom. The van der Waals surface area contributed by atoms with Crippen molar-refractivity contribution in [1.29, 1.82) is 0 Å². The molecule has 2 heterocycles. The zero-order valence-electron chi connectivity index (χ0n) is 13.8. The minimum Gasteiger partial charge on any atom is -0.361 e. The molecule has 120 valence electrons. The van der Waals surface area contributed by atoms with Crippen LogP contribution in [0.5, 0.6) is 0 Å². The van der Waals surface area contributed by atoms with Gasteiger partial charge in [0.15, 0.2) is 5.82 Å². The van der Waals surface area contributed by atoms with Crippen LogP contribution in [0.3, 0.4) is 0 Å². The molecule has 0 aliphatic rings. The molecular weight excluding hydrogens is 292 g/mol. The van der Waals surface area contributed by atoms with Gasteiger partial charge in [0, 0.05) is 12.1 Å². The first-order valence-electron chi connectivity index (χ1n) is 7.53. The predicted molar refractivity (Wildman–Crippen MR) is 85.0 cm³/mol. The quantitative estimate of drug-likeness (QED) is 0.720. The zero-order chi connectivity index (χ0) is 16.4. The van der Waals surface area contributed by atoms with E-state index in [0.29, 0.717) is 0 Å². The summed E-state index contributed by atoms with van der Waals surface area (Å²) < 4.78 is 7.01. The third kappa shape index (κ3) is 3.00. The molecule has 0 saturated heterocycles. The Kier molecular flexibility index (Phi) is 4.20. The predicted octanol–water partition coefficient (Wildman–Crippen LogP) is 2.46. The van der Waals surface area contributed by atoms with Crippen molar-refractivity contribution in [2.24, 2.45) is 0 Å². The monoisotopic (exact) mass is 312 g/mol. The van der Waals surface area contributed by atoms with E-state index in [9.17, 15) is 0 Å². The summed E-state index contributed by atoms with van der Waals surface area (Å²) in [5.74, 6) is 1.65. The third-order valence-electron chi connectivity index (χ3n) is 4.12. The highest BCUT2D eigenvalue weighted by atomic mass is 16.5. The average Bonchev–Trinajstić information content (AvgIpc) is 3.17. The summed E-state index contributed by atoms with van der Waals surface area (Å²) in [6.07, 6.45) is 0. The molecule has 0 fully saturated rings. The largest absolute Gasteiger partial charge is 0.361 e. The van der Waals surface area contributed by atoms with Crippen molar-refractivity contribution >= 4 is 0 Å². The van der Waals surface area contributed by atoms with Crippen LogP contribution in [0.25, 0.3) is 5.69 Å². The molecule has 0 aliphatic heterocycles. The van der Waals surface area contributed by atoms with Crippen LogP contribution in [-0.2, 0) is 6.54 Å². The fraction of sp³-hybridized carbons (Fsp3) is 0.375. The van der Waals surface area contributed by atoms with Crippen LogP contribution in [0.2, 0.25) is 0 Å². The highest BCUT2D eigenvalue weighted by Gasteiger charge is 2.22. The normalized spacial score (nSPS) is 12.7. The highest BCUT2D eigenvalue weighted by Crippen LogP contribution is 2.22. The molecule has 0 bridgehead atoms. The summed E-state index contributed by atoms with van der Waals surface area (Å²) in [6.45, 7) is 6.70.